The van der Waals surface area contributed by atoms with E-state index in [-0.39, 0.29) is 18.0 Å². The number of hydrogen-bond acceptors (Lipinski definition) is 5. The zero-order valence-electron chi connectivity index (χ0n) is 20.8. The van der Waals surface area contributed by atoms with Crippen LogP contribution in [0.3, 0.4) is 0 Å². The molecule has 6 heteroatoms. The summed E-state index contributed by atoms with van der Waals surface area (Å²) in [7, 11) is 0. The number of carbonyl (C=O) groups is 1. The molecule has 1 saturated heterocycles. The van der Waals surface area contributed by atoms with E-state index in [0.29, 0.717) is 11.5 Å². The van der Waals surface area contributed by atoms with Gasteiger partial charge >= 0.3 is 0 Å². The van der Waals surface area contributed by atoms with Gasteiger partial charge in [-0.1, -0.05) is 18.2 Å². The summed E-state index contributed by atoms with van der Waals surface area (Å²) >= 11 is 0. The third kappa shape index (κ3) is 5.07. The van der Waals surface area contributed by atoms with Crippen molar-refractivity contribution >= 4 is 23.0 Å². The van der Waals surface area contributed by atoms with Crippen molar-refractivity contribution in [3.05, 3.63) is 77.9 Å². The SMILES string of the molecule is CC(=O)N1c2ccc(-c3cccc(NCC4CCOC4)c3)cc2[C@H](Nc2ccc(C#N)cc2)C[C@@H]1C. The van der Waals surface area contributed by atoms with Gasteiger partial charge in [-0.3, -0.25) is 4.79 Å². The van der Waals surface area contributed by atoms with Crippen molar-refractivity contribution in [2.45, 2.75) is 38.8 Å². The second kappa shape index (κ2) is 10.4. The number of hydrogen-bond donors (Lipinski definition) is 2. The van der Waals surface area contributed by atoms with E-state index in [2.05, 4.69) is 66.1 Å². The number of nitriles is 1. The summed E-state index contributed by atoms with van der Waals surface area (Å²) in [5, 5.41) is 16.3. The van der Waals surface area contributed by atoms with Crippen LogP contribution < -0.4 is 15.5 Å². The molecule has 2 N–H and O–H groups in total. The lowest BCUT2D eigenvalue weighted by atomic mass is 9.88. The Kier molecular flexibility index (Phi) is 6.92. The van der Waals surface area contributed by atoms with Crippen molar-refractivity contribution in [3.63, 3.8) is 0 Å². The van der Waals surface area contributed by atoms with E-state index in [0.717, 1.165) is 66.4 Å². The van der Waals surface area contributed by atoms with Gasteiger partial charge in [-0.05, 0) is 85.0 Å². The Balaban J connectivity index is 1.45. The number of rotatable bonds is 6. The largest absolute Gasteiger partial charge is 0.385 e. The summed E-state index contributed by atoms with van der Waals surface area (Å²) < 4.78 is 5.50. The topological polar surface area (TPSA) is 77.4 Å². The molecule has 1 fully saturated rings. The molecule has 0 radical (unpaired) electrons. The normalized spacial score (nSPS) is 20.9. The highest BCUT2D eigenvalue weighted by atomic mass is 16.5. The Morgan fingerprint density at radius 1 is 1.08 bits per heavy atom. The Morgan fingerprint density at radius 2 is 1.89 bits per heavy atom. The van der Waals surface area contributed by atoms with E-state index >= 15 is 0 Å². The summed E-state index contributed by atoms with van der Waals surface area (Å²) in [6.07, 6.45) is 1.90. The van der Waals surface area contributed by atoms with Crippen LogP contribution in [0.5, 0.6) is 0 Å². The molecule has 5 rings (SSSR count). The summed E-state index contributed by atoms with van der Waals surface area (Å²) in [4.78, 5) is 14.4. The molecule has 1 unspecified atom stereocenters. The van der Waals surface area contributed by atoms with Crippen molar-refractivity contribution in [1.82, 2.24) is 0 Å². The van der Waals surface area contributed by atoms with Gasteiger partial charge in [-0.2, -0.15) is 5.26 Å². The number of benzene rings is 3. The molecule has 3 aromatic carbocycles. The number of carbonyl (C=O) groups excluding carboxylic acids is 1. The lowest BCUT2D eigenvalue weighted by Gasteiger charge is -2.39. The fourth-order valence-electron chi connectivity index (χ4n) is 5.32. The predicted octanol–water partition coefficient (Wildman–Crippen LogP) is 5.97. The third-order valence-electron chi connectivity index (χ3n) is 7.19. The summed E-state index contributed by atoms with van der Waals surface area (Å²) in [5.74, 6) is 0.612. The zero-order chi connectivity index (χ0) is 25.1. The molecule has 184 valence electrons. The predicted molar refractivity (Wildman–Crippen MR) is 144 cm³/mol. The van der Waals surface area contributed by atoms with Gasteiger partial charge in [0.2, 0.25) is 5.91 Å². The minimum absolute atomic E-state index is 0.0437. The monoisotopic (exact) mass is 480 g/mol. The molecule has 1 amide bonds. The highest BCUT2D eigenvalue weighted by Gasteiger charge is 2.32. The van der Waals surface area contributed by atoms with E-state index in [4.69, 9.17) is 10.00 Å². The summed E-state index contributed by atoms with van der Waals surface area (Å²) in [6, 6.07) is 24.7. The quantitative estimate of drug-likeness (QED) is 0.454. The van der Waals surface area contributed by atoms with Gasteiger partial charge in [0, 0.05) is 49.1 Å². The molecule has 0 aliphatic carbocycles. The highest BCUT2D eigenvalue weighted by molar-refractivity contribution is 5.94. The Morgan fingerprint density at radius 3 is 2.61 bits per heavy atom. The molecular weight excluding hydrogens is 448 g/mol. The summed E-state index contributed by atoms with van der Waals surface area (Å²) in [6.45, 7) is 6.32. The minimum Gasteiger partial charge on any atom is -0.385 e. The first-order valence-corrected chi connectivity index (χ1v) is 12.6. The van der Waals surface area contributed by atoms with Crippen LogP contribution in [0.4, 0.5) is 17.1 Å². The molecule has 0 saturated carbocycles. The first-order valence-electron chi connectivity index (χ1n) is 12.6. The summed E-state index contributed by atoms with van der Waals surface area (Å²) in [5.41, 5.74) is 7.00. The van der Waals surface area contributed by atoms with E-state index in [1.54, 1.807) is 6.92 Å². The maximum atomic E-state index is 12.5. The molecule has 3 aromatic rings. The molecule has 2 aliphatic rings. The van der Waals surface area contributed by atoms with Crippen LogP contribution in [0.1, 0.15) is 43.9 Å². The van der Waals surface area contributed by atoms with Crippen molar-refractivity contribution in [2.75, 3.05) is 35.3 Å². The molecule has 36 heavy (non-hydrogen) atoms. The number of ether oxygens (including phenoxy) is 1. The van der Waals surface area contributed by atoms with Crippen molar-refractivity contribution < 1.29 is 9.53 Å². The fraction of sp³-hybridized carbons (Fsp3) is 0.333. The molecule has 3 atom stereocenters. The second-order valence-corrected chi connectivity index (χ2v) is 9.82. The lowest BCUT2D eigenvalue weighted by Crippen LogP contribution is -2.43. The maximum absolute atomic E-state index is 12.5. The smallest absolute Gasteiger partial charge is 0.224 e. The number of anilines is 3. The Bertz CT molecular complexity index is 1270. The molecule has 0 aromatic heterocycles. The standard InChI is InChI=1S/C30H32N4O2/c1-20-14-29(33-26-9-6-22(17-31)7-10-26)28-16-25(8-11-30(28)34(20)21(2)35)24-4-3-5-27(15-24)32-18-23-12-13-36-19-23/h3-11,15-16,20,23,29,32-33H,12-14,18-19H2,1-2H3/t20-,23?,29+/m0/s1. The van der Waals surface area contributed by atoms with Gasteiger partial charge in [-0.15, -0.1) is 0 Å². The van der Waals surface area contributed by atoms with Crippen LogP contribution in [0.2, 0.25) is 0 Å². The van der Waals surface area contributed by atoms with Gasteiger partial charge in [0.25, 0.3) is 0 Å². The minimum atomic E-state index is 0.0437. The van der Waals surface area contributed by atoms with Crippen molar-refractivity contribution in [1.29, 1.82) is 5.26 Å². The molecule has 6 nitrogen and oxygen atoms in total. The van der Waals surface area contributed by atoms with Crippen LogP contribution in [-0.2, 0) is 9.53 Å². The van der Waals surface area contributed by atoms with Gasteiger partial charge < -0.3 is 20.3 Å². The Hall–Kier alpha value is -3.82. The van der Waals surface area contributed by atoms with Crippen LogP contribution in [-0.4, -0.2) is 31.7 Å². The molecular formula is C30H32N4O2. The van der Waals surface area contributed by atoms with Crippen molar-refractivity contribution in [2.24, 2.45) is 5.92 Å². The average Bonchev–Trinajstić information content (AvgIpc) is 3.41. The van der Waals surface area contributed by atoms with E-state index in [1.165, 1.54) is 0 Å². The maximum Gasteiger partial charge on any atom is 0.224 e. The van der Waals surface area contributed by atoms with Gasteiger partial charge in [0.15, 0.2) is 0 Å². The highest BCUT2D eigenvalue weighted by Crippen LogP contribution is 2.41. The first kappa shape index (κ1) is 23.9. The van der Waals surface area contributed by atoms with Gasteiger partial charge in [0.1, 0.15) is 0 Å². The van der Waals surface area contributed by atoms with E-state index in [1.807, 2.05) is 29.2 Å². The van der Waals surface area contributed by atoms with E-state index in [9.17, 15) is 4.79 Å². The second-order valence-electron chi connectivity index (χ2n) is 9.82. The third-order valence-corrected chi connectivity index (χ3v) is 7.19. The molecule has 0 bridgehead atoms. The average molecular weight is 481 g/mol. The molecule has 2 aliphatic heterocycles. The number of fused-ring (bicyclic) bond motifs is 1. The fourth-order valence-corrected chi connectivity index (χ4v) is 5.32. The lowest BCUT2D eigenvalue weighted by molar-refractivity contribution is -0.117. The molecule has 2 heterocycles. The number of amides is 1. The zero-order valence-corrected chi connectivity index (χ0v) is 20.8. The Labute approximate surface area is 212 Å². The van der Waals surface area contributed by atoms with Crippen LogP contribution >= 0.6 is 0 Å². The van der Waals surface area contributed by atoms with Crippen LogP contribution in [0, 0.1) is 17.2 Å². The van der Waals surface area contributed by atoms with Crippen molar-refractivity contribution in [3.8, 4) is 17.2 Å². The van der Waals surface area contributed by atoms with Crippen LogP contribution in [0.25, 0.3) is 11.1 Å². The van der Waals surface area contributed by atoms with E-state index < -0.39 is 0 Å². The van der Waals surface area contributed by atoms with Crippen LogP contribution in [0.15, 0.2) is 66.7 Å². The van der Waals surface area contributed by atoms with Gasteiger partial charge in [-0.25, -0.2) is 0 Å². The first-order chi connectivity index (χ1) is 17.5. The van der Waals surface area contributed by atoms with Gasteiger partial charge in [0.05, 0.1) is 24.3 Å². The number of nitrogens with one attached hydrogen (secondary N) is 2. The molecule has 0 spiro atoms. The number of nitrogens with zero attached hydrogens (tertiary/aromatic N) is 2.